The summed E-state index contributed by atoms with van der Waals surface area (Å²) >= 11 is 5.16. The van der Waals surface area contributed by atoms with Crippen molar-refractivity contribution in [3.05, 3.63) is 82.2 Å². The molecule has 0 amide bonds. The fourth-order valence-corrected chi connectivity index (χ4v) is 4.65. The van der Waals surface area contributed by atoms with Crippen molar-refractivity contribution in [2.24, 2.45) is 0 Å². The zero-order valence-electron chi connectivity index (χ0n) is 15.0. The smallest absolute Gasteiger partial charge is 0.140 e. The number of hydrogen-bond acceptors (Lipinski definition) is 4. The van der Waals surface area contributed by atoms with Crippen LogP contribution in [0.5, 0.6) is 0 Å². The van der Waals surface area contributed by atoms with E-state index in [4.69, 9.17) is 0 Å². The molecule has 0 fully saturated rings. The zero-order valence-corrected chi connectivity index (χ0v) is 18.2. The third kappa shape index (κ3) is 3.99. The van der Waals surface area contributed by atoms with Gasteiger partial charge in [-0.2, -0.15) is 5.10 Å². The first-order valence-corrected chi connectivity index (χ1v) is 10.3. The Hall–Kier alpha value is -2.48. The highest BCUT2D eigenvalue weighted by atomic mass is 79.9. The molecule has 3 heterocycles. The number of anilines is 2. The molecule has 8 heteroatoms. The van der Waals surface area contributed by atoms with Crippen LogP contribution in [0.2, 0.25) is 0 Å². The Balaban J connectivity index is 0.00000205. The van der Waals surface area contributed by atoms with E-state index in [1.807, 2.05) is 41.2 Å². The van der Waals surface area contributed by atoms with Crippen molar-refractivity contribution in [3.63, 3.8) is 0 Å². The monoisotopic (exact) mass is 488 g/mol. The molecule has 0 aliphatic rings. The molecule has 1 N–H and O–H groups in total. The Morgan fingerprint density at radius 2 is 2.00 bits per heavy atom. The minimum absolute atomic E-state index is 0. The van der Waals surface area contributed by atoms with E-state index < -0.39 is 0 Å². The standard InChI is InChI=1S/C21H14BrFN4S.ClH/c22-20-10-19-17(6-7-28-19)21(26-20)25-16-4-5-18-14(9-16)11-24-27(18)12-13-2-1-3-15(23)8-13;/h1-11H,12H2,(H,25,26);1H. The number of nitrogens with one attached hydrogen (secondary N) is 1. The van der Waals surface area contributed by atoms with Gasteiger partial charge in [0.25, 0.3) is 0 Å². The Kier molecular flexibility index (Phi) is 5.54. The molecule has 0 unspecified atom stereocenters. The molecule has 4 nitrogen and oxygen atoms in total. The summed E-state index contributed by atoms with van der Waals surface area (Å²) in [7, 11) is 0. The van der Waals surface area contributed by atoms with E-state index >= 15 is 0 Å². The molecular weight excluding hydrogens is 475 g/mol. The zero-order chi connectivity index (χ0) is 19.1. The quantitative estimate of drug-likeness (QED) is 0.284. The number of aromatic nitrogens is 3. The lowest BCUT2D eigenvalue weighted by molar-refractivity contribution is 0.621. The van der Waals surface area contributed by atoms with E-state index in [0.717, 1.165) is 38.0 Å². The highest BCUT2D eigenvalue weighted by Crippen LogP contribution is 2.31. The molecule has 2 aromatic carbocycles. The van der Waals surface area contributed by atoms with Gasteiger partial charge < -0.3 is 5.32 Å². The van der Waals surface area contributed by atoms with Crippen molar-refractivity contribution in [2.45, 2.75) is 6.54 Å². The number of rotatable bonds is 4. The van der Waals surface area contributed by atoms with E-state index in [1.165, 1.54) is 16.8 Å². The second-order valence-electron chi connectivity index (χ2n) is 6.46. The minimum atomic E-state index is -0.235. The molecule has 0 bridgehead atoms. The van der Waals surface area contributed by atoms with E-state index in [-0.39, 0.29) is 18.2 Å². The van der Waals surface area contributed by atoms with Crippen LogP contribution < -0.4 is 5.32 Å². The van der Waals surface area contributed by atoms with Crippen molar-refractivity contribution in [1.82, 2.24) is 14.8 Å². The van der Waals surface area contributed by atoms with Crippen LogP contribution in [-0.2, 0) is 6.54 Å². The van der Waals surface area contributed by atoms with Crippen molar-refractivity contribution < 1.29 is 4.39 Å². The van der Waals surface area contributed by atoms with Gasteiger partial charge in [0.2, 0.25) is 0 Å². The van der Waals surface area contributed by atoms with Crippen molar-refractivity contribution in [1.29, 1.82) is 0 Å². The highest BCUT2D eigenvalue weighted by molar-refractivity contribution is 9.10. The number of hydrogen-bond donors (Lipinski definition) is 1. The van der Waals surface area contributed by atoms with Gasteiger partial charge in [0, 0.05) is 21.2 Å². The molecular formula is C21H15BrClFN4S. The summed E-state index contributed by atoms with van der Waals surface area (Å²) in [6, 6.07) is 16.8. The van der Waals surface area contributed by atoms with Crippen LogP contribution in [0.3, 0.4) is 0 Å². The maximum absolute atomic E-state index is 13.4. The van der Waals surface area contributed by atoms with Crippen LogP contribution in [0.25, 0.3) is 21.0 Å². The van der Waals surface area contributed by atoms with Crippen molar-refractivity contribution in [3.8, 4) is 0 Å². The average Bonchev–Trinajstić information content (AvgIpc) is 3.29. The van der Waals surface area contributed by atoms with Gasteiger partial charge in [-0.15, -0.1) is 23.7 Å². The number of thiophene rings is 1. The van der Waals surface area contributed by atoms with E-state index in [1.54, 1.807) is 17.4 Å². The van der Waals surface area contributed by atoms with E-state index in [9.17, 15) is 4.39 Å². The number of halogens is 3. The van der Waals surface area contributed by atoms with Gasteiger partial charge in [0.15, 0.2) is 0 Å². The second-order valence-corrected chi connectivity index (χ2v) is 8.22. The Bertz CT molecular complexity index is 1320. The van der Waals surface area contributed by atoms with Crippen LogP contribution in [0.4, 0.5) is 15.9 Å². The lowest BCUT2D eigenvalue weighted by Crippen LogP contribution is -2.01. The van der Waals surface area contributed by atoms with Crippen molar-refractivity contribution >= 4 is 72.2 Å². The van der Waals surface area contributed by atoms with Crippen LogP contribution in [-0.4, -0.2) is 14.8 Å². The molecule has 3 aromatic heterocycles. The molecule has 0 aliphatic heterocycles. The van der Waals surface area contributed by atoms with Crippen LogP contribution in [0, 0.1) is 5.82 Å². The average molecular weight is 490 g/mol. The highest BCUT2D eigenvalue weighted by Gasteiger charge is 2.09. The molecule has 0 atom stereocenters. The summed E-state index contributed by atoms with van der Waals surface area (Å²) < 4.78 is 17.3. The first-order chi connectivity index (χ1) is 13.7. The first kappa shape index (κ1) is 19.8. The molecule has 29 heavy (non-hydrogen) atoms. The Labute approximate surface area is 184 Å². The normalized spacial score (nSPS) is 11.0. The predicted molar refractivity (Wildman–Crippen MR) is 123 cm³/mol. The topological polar surface area (TPSA) is 42.7 Å². The minimum Gasteiger partial charge on any atom is -0.340 e. The lowest BCUT2D eigenvalue weighted by Gasteiger charge is -2.09. The summed E-state index contributed by atoms with van der Waals surface area (Å²) in [5.41, 5.74) is 2.82. The third-order valence-electron chi connectivity index (χ3n) is 4.55. The lowest BCUT2D eigenvalue weighted by atomic mass is 10.2. The van der Waals surface area contributed by atoms with Gasteiger partial charge in [-0.25, -0.2) is 9.37 Å². The largest absolute Gasteiger partial charge is 0.340 e. The van der Waals surface area contributed by atoms with Gasteiger partial charge in [0.05, 0.1) is 18.3 Å². The molecule has 0 saturated heterocycles. The molecule has 5 aromatic rings. The number of pyridine rings is 1. The summed E-state index contributed by atoms with van der Waals surface area (Å²) in [6.07, 6.45) is 1.83. The Morgan fingerprint density at radius 3 is 2.86 bits per heavy atom. The number of benzene rings is 2. The maximum atomic E-state index is 13.4. The molecule has 0 aliphatic carbocycles. The first-order valence-electron chi connectivity index (χ1n) is 8.66. The fraction of sp³-hybridized carbons (Fsp3) is 0.0476. The van der Waals surface area contributed by atoms with Crippen LogP contribution in [0.1, 0.15) is 5.56 Å². The van der Waals surface area contributed by atoms with Gasteiger partial charge >= 0.3 is 0 Å². The van der Waals surface area contributed by atoms with Crippen LogP contribution >= 0.6 is 39.7 Å². The molecule has 0 spiro atoms. The summed E-state index contributed by atoms with van der Waals surface area (Å²) in [5, 5.41) is 12.0. The SMILES string of the molecule is Cl.Fc1cccc(Cn2ncc3cc(Nc4nc(Br)cc5sccc45)ccc32)c1. The van der Waals surface area contributed by atoms with Crippen molar-refractivity contribution in [2.75, 3.05) is 5.32 Å². The van der Waals surface area contributed by atoms with Gasteiger partial charge in [-0.1, -0.05) is 12.1 Å². The molecule has 0 saturated carbocycles. The van der Waals surface area contributed by atoms with Gasteiger partial charge in [0.1, 0.15) is 16.2 Å². The summed E-state index contributed by atoms with van der Waals surface area (Å²) in [6.45, 7) is 0.525. The molecule has 5 rings (SSSR count). The van der Waals surface area contributed by atoms with Gasteiger partial charge in [-0.05, 0) is 69.3 Å². The predicted octanol–water partition coefficient (Wildman–Crippen LogP) is 6.76. The summed E-state index contributed by atoms with van der Waals surface area (Å²) in [4.78, 5) is 4.57. The number of nitrogens with zero attached hydrogens (tertiary/aromatic N) is 3. The Morgan fingerprint density at radius 1 is 1.10 bits per heavy atom. The molecule has 146 valence electrons. The maximum Gasteiger partial charge on any atom is 0.140 e. The summed E-state index contributed by atoms with van der Waals surface area (Å²) in [5.74, 6) is 0.582. The third-order valence-corrected chi connectivity index (χ3v) is 5.82. The van der Waals surface area contributed by atoms with E-state index in [2.05, 4.69) is 42.8 Å². The van der Waals surface area contributed by atoms with Crippen LogP contribution in [0.15, 0.2) is 70.8 Å². The van der Waals surface area contributed by atoms with Gasteiger partial charge in [-0.3, -0.25) is 4.68 Å². The second kappa shape index (κ2) is 8.10. The van der Waals surface area contributed by atoms with E-state index in [0.29, 0.717) is 6.54 Å². The fourth-order valence-electron chi connectivity index (χ4n) is 3.27. The molecule has 0 radical (unpaired) electrons. The number of fused-ring (bicyclic) bond motifs is 2.